The van der Waals surface area contributed by atoms with Gasteiger partial charge >= 0.3 is 0 Å². The van der Waals surface area contributed by atoms with Gasteiger partial charge in [0.05, 0.1) is 18.6 Å². The molecule has 2 fully saturated rings. The van der Waals surface area contributed by atoms with Crippen LogP contribution in [0.3, 0.4) is 0 Å². The largest absolute Gasteiger partial charge is 0.379 e. The van der Waals surface area contributed by atoms with E-state index >= 15 is 0 Å². The molecule has 2 heterocycles. The molecule has 0 aliphatic carbocycles. The molecule has 2 N–H and O–H groups in total. The third-order valence-corrected chi connectivity index (χ3v) is 5.01. The van der Waals surface area contributed by atoms with E-state index in [9.17, 15) is 4.79 Å². The first-order chi connectivity index (χ1) is 8.95. The molecule has 0 spiro atoms. The highest BCUT2D eigenvalue weighted by atomic mass is 16.5. The molecule has 0 bridgehead atoms. The van der Waals surface area contributed by atoms with Crippen LogP contribution in [-0.2, 0) is 9.53 Å². The lowest BCUT2D eigenvalue weighted by Crippen LogP contribution is -2.51. The van der Waals surface area contributed by atoms with Crippen LogP contribution in [0.25, 0.3) is 0 Å². The van der Waals surface area contributed by atoms with Crippen LogP contribution in [0.4, 0.5) is 0 Å². The summed E-state index contributed by atoms with van der Waals surface area (Å²) in [6.07, 6.45) is 3.47. The Kier molecular flexibility index (Phi) is 4.51. The summed E-state index contributed by atoms with van der Waals surface area (Å²) in [6, 6.07) is -0.163. The predicted octanol–water partition coefficient (Wildman–Crippen LogP) is 1.63. The van der Waals surface area contributed by atoms with E-state index in [1.165, 1.54) is 6.42 Å². The van der Waals surface area contributed by atoms with E-state index in [1.54, 1.807) is 0 Å². The van der Waals surface area contributed by atoms with Gasteiger partial charge in [0.2, 0.25) is 5.91 Å². The lowest BCUT2D eigenvalue weighted by molar-refractivity contribution is -0.141. The molecule has 19 heavy (non-hydrogen) atoms. The second kappa shape index (κ2) is 5.80. The van der Waals surface area contributed by atoms with E-state index in [1.807, 2.05) is 11.8 Å². The first kappa shape index (κ1) is 14.8. The lowest BCUT2D eigenvalue weighted by Gasteiger charge is -2.32. The van der Waals surface area contributed by atoms with Crippen molar-refractivity contribution in [3.05, 3.63) is 0 Å². The predicted molar refractivity (Wildman–Crippen MR) is 75.7 cm³/mol. The first-order valence-corrected chi connectivity index (χ1v) is 7.58. The highest BCUT2D eigenvalue weighted by molar-refractivity contribution is 5.83. The lowest BCUT2D eigenvalue weighted by atomic mass is 9.84. The normalized spacial score (nSPS) is 36.6. The Bertz CT molecular complexity index is 332. The van der Waals surface area contributed by atoms with Crippen LogP contribution >= 0.6 is 0 Å². The third kappa shape index (κ3) is 2.95. The zero-order valence-electron chi connectivity index (χ0n) is 12.5. The number of carbonyl (C=O) groups excluding carboxylic acids is 1. The van der Waals surface area contributed by atoms with Crippen molar-refractivity contribution in [1.82, 2.24) is 4.90 Å². The van der Waals surface area contributed by atoms with E-state index < -0.39 is 5.41 Å². The smallest absolute Gasteiger partial charge is 0.232 e. The second-order valence-electron chi connectivity index (χ2n) is 6.77. The van der Waals surface area contributed by atoms with Crippen LogP contribution in [0.2, 0.25) is 0 Å². The molecule has 4 nitrogen and oxygen atoms in total. The zero-order valence-corrected chi connectivity index (χ0v) is 12.5. The summed E-state index contributed by atoms with van der Waals surface area (Å²) in [7, 11) is 0. The minimum atomic E-state index is -0.516. The maximum absolute atomic E-state index is 12.7. The molecule has 0 aromatic heterocycles. The van der Waals surface area contributed by atoms with E-state index in [0.717, 1.165) is 31.8 Å². The van der Waals surface area contributed by atoms with Gasteiger partial charge in [-0.1, -0.05) is 13.8 Å². The van der Waals surface area contributed by atoms with E-state index in [2.05, 4.69) is 13.8 Å². The van der Waals surface area contributed by atoms with Crippen LogP contribution in [-0.4, -0.2) is 43.2 Å². The SMILES string of the molecule is CC(C)C1CCCN(C(=O)C2(C)COCC2N)CC1. The van der Waals surface area contributed by atoms with Gasteiger partial charge in [-0.2, -0.15) is 0 Å². The molecule has 0 saturated carbocycles. The van der Waals surface area contributed by atoms with Crippen LogP contribution in [0.15, 0.2) is 0 Å². The summed E-state index contributed by atoms with van der Waals surface area (Å²) in [4.78, 5) is 14.8. The molecule has 0 aromatic carbocycles. The van der Waals surface area contributed by atoms with Crippen molar-refractivity contribution in [3.63, 3.8) is 0 Å². The minimum Gasteiger partial charge on any atom is -0.379 e. The second-order valence-corrected chi connectivity index (χ2v) is 6.77. The molecule has 0 aromatic rings. The molecule has 2 rings (SSSR count). The monoisotopic (exact) mass is 268 g/mol. The van der Waals surface area contributed by atoms with E-state index in [0.29, 0.717) is 19.1 Å². The van der Waals surface area contributed by atoms with Gasteiger partial charge in [0, 0.05) is 19.1 Å². The molecule has 4 heteroatoms. The summed E-state index contributed by atoms with van der Waals surface area (Å²) in [5.74, 6) is 1.66. The number of ether oxygens (including phenoxy) is 1. The van der Waals surface area contributed by atoms with Gasteiger partial charge in [0.1, 0.15) is 0 Å². The van der Waals surface area contributed by atoms with Crippen molar-refractivity contribution in [2.75, 3.05) is 26.3 Å². The van der Waals surface area contributed by atoms with Gasteiger partial charge in [-0.15, -0.1) is 0 Å². The highest BCUT2D eigenvalue weighted by Gasteiger charge is 2.46. The molecule has 2 aliphatic heterocycles. The highest BCUT2D eigenvalue weighted by Crippen LogP contribution is 2.32. The Labute approximate surface area is 116 Å². The maximum atomic E-state index is 12.7. The fraction of sp³-hybridized carbons (Fsp3) is 0.933. The molecule has 3 atom stereocenters. The molecule has 110 valence electrons. The van der Waals surface area contributed by atoms with Gasteiger partial charge < -0.3 is 15.4 Å². The molecule has 2 saturated heterocycles. The number of hydrogen-bond acceptors (Lipinski definition) is 3. The zero-order chi connectivity index (χ0) is 14.0. The van der Waals surface area contributed by atoms with Crippen LogP contribution < -0.4 is 5.73 Å². The van der Waals surface area contributed by atoms with Crippen LogP contribution in [0.1, 0.15) is 40.0 Å². The van der Waals surface area contributed by atoms with Gasteiger partial charge in [-0.3, -0.25) is 4.79 Å². The Morgan fingerprint density at radius 3 is 2.68 bits per heavy atom. The summed E-state index contributed by atoms with van der Waals surface area (Å²) in [5.41, 5.74) is 5.55. The molecular weight excluding hydrogens is 240 g/mol. The first-order valence-electron chi connectivity index (χ1n) is 7.58. The minimum absolute atomic E-state index is 0.163. The van der Waals surface area contributed by atoms with E-state index in [-0.39, 0.29) is 11.9 Å². The Morgan fingerprint density at radius 2 is 2.11 bits per heavy atom. The van der Waals surface area contributed by atoms with Crippen molar-refractivity contribution in [3.8, 4) is 0 Å². The van der Waals surface area contributed by atoms with Crippen molar-refractivity contribution < 1.29 is 9.53 Å². The van der Waals surface area contributed by atoms with Gasteiger partial charge in [-0.05, 0) is 38.0 Å². The number of carbonyl (C=O) groups is 1. The number of nitrogens with two attached hydrogens (primary N) is 1. The summed E-state index contributed by atoms with van der Waals surface area (Å²) in [5, 5.41) is 0. The van der Waals surface area contributed by atoms with E-state index in [4.69, 9.17) is 10.5 Å². The molecular formula is C15H28N2O2. The Morgan fingerprint density at radius 1 is 1.37 bits per heavy atom. The summed E-state index contributed by atoms with van der Waals surface area (Å²) in [6.45, 7) is 9.25. The fourth-order valence-electron chi connectivity index (χ4n) is 3.26. The van der Waals surface area contributed by atoms with Crippen molar-refractivity contribution in [2.24, 2.45) is 23.0 Å². The van der Waals surface area contributed by atoms with Gasteiger partial charge in [0.25, 0.3) is 0 Å². The fourth-order valence-corrected chi connectivity index (χ4v) is 3.26. The van der Waals surface area contributed by atoms with Crippen LogP contribution in [0.5, 0.6) is 0 Å². The molecule has 2 aliphatic rings. The van der Waals surface area contributed by atoms with Crippen molar-refractivity contribution in [2.45, 2.75) is 46.1 Å². The molecule has 0 radical (unpaired) electrons. The molecule has 1 amide bonds. The van der Waals surface area contributed by atoms with Crippen molar-refractivity contribution in [1.29, 1.82) is 0 Å². The average molecular weight is 268 g/mol. The third-order valence-electron chi connectivity index (χ3n) is 5.01. The number of rotatable bonds is 2. The number of amides is 1. The topological polar surface area (TPSA) is 55.6 Å². The number of nitrogens with zero attached hydrogens (tertiary/aromatic N) is 1. The summed E-state index contributed by atoms with van der Waals surface area (Å²) >= 11 is 0. The Hall–Kier alpha value is -0.610. The average Bonchev–Trinajstić information content (AvgIpc) is 2.60. The van der Waals surface area contributed by atoms with Crippen LogP contribution in [0, 0.1) is 17.3 Å². The molecule has 3 unspecified atom stereocenters. The quantitative estimate of drug-likeness (QED) is 0.828. The van der Waals surface area contributed by atoms with Gasteiger partial charge in [0.15, 0.2) is 0 Å². The van der Waals surface area contributed by atoms with Gasteiger partial charge in [-0.25, -0.2) is 0 Å². The number of likely N-dealkylation sites (tertiary alicyclic amines) is 1. The summed E-state index contributed by atoms with van der Waals surface area (Å²) < 4.78 is 5.40. The Balaban J connectivity index is 2.00. The maximum Gasteiger partial charge on any atom is 0.232 e. The van der Waals surface area contributed by atoms with Crippen molar-refractivity contribution >= 4 is 5.91 Å². The standard InChI is InChI=1S/C15H28N2O2/c1-11(2)12-5-4-7-17(8-6-12)14(18)15(3)10-19-9-13(15)16/h11-13H,4-10,16H2,1-3H3. The number of hydrogen-bond donors (Lipinski definition) is 1.